The molecule has 0 aliphatic rings. The molecule has 96 valence electrons. The fourth-order valence-electron chi connectivity index (χ4n) is 1.81. The molecule has 0 spiro atoms. The number of hydrogen-bond donors (Lipinski definition) is 2. The highest BCUT2D eigenvalue weighted by Gasteiger charge is 2.12. The minimum atomic E-state index is 0.0667. The van der Waals surface area contributed by atoms with Crippen LogP contribution in [0, 0.1) is 13.8 Å². The summed E-state index contributed by atoms with van der Waals surface area (Å²) < 4.78 is 5.59. The van der Waals surface area contributed by atoms with Crippen LogP contribution in [-0.2, 0) is 0 Å². The Morgan fingerprint density at radius 3 is 2.50 bits per heavy atom. The fourth-order valence-corrected chi connectivity index (χ4v) is 1.81. The Labute approximate surface area is 107 Å². The predicted molar refractivity (Wildman–Crippen MR) is 71.8 cm³/mol. The zero-order valence-corrected chi connectivity index (χ0v) is 11.1. The van der Waals surface area contributed by atoms with Crippen LogP contribution in [0.1, 0.15) is 30.0 Å². The van der Waals surface area contributed by atoms with Gasteiger partial charge in [-0.15, -0.1) is 0 Å². The van der Waals surface area contributed by atoms with E-state index in [0.717, 1.165) is 28.7 Å². The summed E-state index contributed by atoms with van der Waals surface area (Å²) in [7, 11) is 1.85. The SMILES string of the molecule is CNc1ncnc(NC(C)c2ccc(C)o2)c1C. The minimum Gasteiger partial charge on any atom is -0.464 e. The molecule has 18 heavy (non-hydrogen) atoms. The molecule has 0 saturated heterocycles. The highest BCUT2D eigenvalue weighted by atomic mass is 16.3. The van der Waals surface area contributed by atoms with E-state index in [1.54, 1.807) is 6.33 Å². The van der Waals surface area contributed by atoms with Crippen LogP contribution in [0.4, 0.5) is 11.6 Å². The van der Waals surface area contributed by atoms with Crippen LogP contribution in [0.3, 0.4) is 0 Å². The van der Waals surface area contributed by atoms with Gasteiger partial charge >= 0.3 is 0 Å². The molecule has 2 aromatic heterocycles. The third kappa shape index (κ3) is 2.45. The first-order valence-electron chi connectivity index (χ1n) is 5.94. The Balaban J connectivity index is 2.19. The molecule has 0 aromatic carbocycles. The van der Waals surface area contributed by atoms with Crippen molar-refractivity contribution < 1.29 is 4.42 Å². The van der Waals surface area contributed by atoms with E-state index in [-0.39, 0.29) is 6.04 Å². The van der Waals surface area contributed by atoms with Crippen LogP contribution >= 0.6 is 0 Å². The first kappa shape index (κ1) is 12.4. The molecule has 0 aliphatic heterocycles. The Kier molecular flexibility index (Phi) is 3.50. The molecule has 0 amide bonds. The first-order chi connectivity index (χ1) is 8.61. The Bertz CT molecular complexity index is 536. The first-order valence-corrected chi connectivity index (χ1v) is 5.94. The van der Waals surface area contributed by atoms with Crippen molar-refractivity contribution in [2.24, 2.45) is 0 Å². The van der Waals surface area contributed by atoms with E-state index in [9.17, 15) is 0 Å². The van der Waals surface area contributed by atoms with Gasteiger partial charge in [-0.25, -0.2) is 9.97 Å². The number of anilines is 2. The van der Waals surface area contributed by atoms with Crippen molar-refractivity contribution in [2.45, 2.75) is 26.8 Å². The topological polar surface area (TPSA) is 63.0 Å². The zero-order valence-electron chi connectivity index (χ0n) is 11.1. The number of aryl methyl sites for hydroxylation is 1. The summed E-state index contributed by atoms with van der Waals surface area (Å²) in [6, 6.07) is 4.00. The minimum absolute atomic E-state index is 0.0667. The van der Waals surface area contributed by atoms with Crippen molar-refractivity contribution in [3.63, 3.8) is 0 Å². The summed E-state index contributed by atoms with van der Waals surface area (Å²) in [4.78, 5) is 8.41. The molecule has 1 unspecified atom stereocenters. The van der Waals surface area contributed by atoms with Gasteiger partial charge < -0.3 is 15.1 Å². The normalized spacial score (nSPS) is 12.2. The molecule has 0 aliphatic carbocycles. The molecule has 2 aromatic rings. The van der Waals surface area contributed by atoms with Crippen molar-refractivity contribution in [2.75, 3.05) is 17.7 Å². The number of nitrogens with one attached hydrogen (secondary N) is 2. The van der Waals surface area contributed by atoms with Gasteiger partial charge in [0.1, 0.15) is 29.5 Å². The monoisotopic (exact) mass is 246 g/mol. The number of nitrogens with zero attached hydrogens (tertiary/aromatic N) is 2. The lowest BCUT2D eigenvalue weighted by molar-refractivity contribution is 0.466. The van der Waals surface area contributed by atoms with Crippen LogP contribution in [-0.4, -0.2) is 17.0 Å². The lowest BCUT2D eigenvalue weighted by atomic mass is 10.2. The number of hydrogen-bond acceptors (Lipinski definition) is 5. The molecule has 5 heteroatoms. The molecular weight excluding hydrogens is 228 g/mol. The Morgan fingerprint density at radius 1 is 1.17 bits per heavy atom. The summed E-state index contributed by atoms with van der Waals surface area (Å²) in [5.74, 6) is 3.46. The molecule has 0 bridgehead atoms. The van der Waals surface area contributed by atoms with Crippen molar-refractivity contribution in [3.8, 4) is 0 Å². The smallest absolute Gasteiger partial charge is 0.135 e. The van der Waals surface area contributed by atoms with Gasteiger partial charge in [0.25, 0.3) is 0 Å². The highest BCUT2D eigenvalue weighted by Crippen LogP contribution is 2.24. The predicted octanol–water partition coefficient (Wildman–Crippen LogP) is 2.90. The molecule has 5 nitrogen and oxygen atoms in total. The van der Waals surface area contributed by atoms with Gasteiger partial charge in [-0.3, -0.25) is 0 Å². The number of furan rings is 1. The van der Waals surface area contributed by atoms with Crippen molar-refractivity contribution in [1.82, 2.24) is 9.97 Å². The van der Waals surface area contributed by atoms with Crippen LogP contribution in [0.15, 0.2) is 22.9 Å². The van der Waals surface area contributed by atoms with Crippen LogP contribution in [0.5, 0.6) is 0 Å². The van der Waals surface area contributed by atoms with Gasteiger partial charge in [-0.1, -0.05) is 0 Å². The maximum Gasteiger partial charge on any atom is 0.135 e. The molecule has 0 saturated carbocycles. The van der Waals surface area contributed by atoms with Crippen LogP contribution in [0.2, 0.25) is 0 Å². The quantitative estimate of drug-likeness (QED) is 0.868. The number of aromatic nitrogens is 2. The zero-order chi connectivity index (χ0) is 13.1. The molecule has 1 atom stereocenters. The maximum atomic E-state index is 5.59. The van der Waals surface area contributed by atoms with Crippen molar-refractivity contribution in [3.05, 3.63) is 35.5 Å². The molecule has 2 heterocycles. The van der Waals surface area contributed by atoms with Crippen LogP contribution < -0.4 is 10.6 Å². The summed E-state index contributed by atoms with van der Waals surface area (Å²) >= 11 is 0. The van der Waals surface area contributed by atoms with Crippen LogP contribution in [0.25, 0.3) is 0 Å². The van der Waals surface area contributed by atoms with Gasteiger partial charge in [0, 0.05) is 12.6 Å². The second-order valence-corrected chi connectivity index (χ2v) is 4.26. The van der Waals surface area contributed by atoms with Gasteiger partial charge in [-0.05, 0) is 32.9 Å². The molecule has 0 fully saturated rings. The van der Waals surface area contributed by atoms with E-state index in [1.807, 2.05) is 40.0 Å². The Morgan fingerprint density at radius 2 is 1.89 bits per heavy atom. The largest absolute Gasteiger partial charge is 0.464 e. The Hall–Kier alpha value is -2.04. The lowest BCUT2D eigenvalue weighted by Crippen LogP contribution is -2.10. The van der Waals surface area contributed by atoms with Gasteiger partial charge in [-0.2, -0.15) is 0 Å². The summed E-state index contributed by atoms with van der Waals surface area (Å²) in [6.45, 7) is 5.96. The molecule has 2 N–H and O–H groups in total. The molecule has 2 rings (SSSR count). The average Bonchev–Trinajstić information content (AvgIpc) is 2.78. The summed E-state index contributed by atoms with van der Waals surface area (Å²) in [5.41, 5.74) is 0.995. The van der Waals surface area contributed by atoms with Crippen molar-refractivity contribution >= 4 is 11.6 Å². The number of rotatable bonds is 4. The van der Waals surface area contributed by atoms with E-state index >= 15 is 0 Å². The molecular formula is C13H18N4O. The van der Waals surface area contributed by atoms with E-state index < -0.39 is 0 Å². The van der Waals surface area contributed by atoms with E-state index in [0.29, 0.717) is 0 Å². The van der Waals surface area contributed by atoms with Gasteiger partial charge in [0.2, 0.25) is 0 Å². The second-order valence-electron chi connectivity index (χ2n) is 4.26. The average molecular weight is 246 g/mol. The van der Waals surface area contributed by atoms with E-state index in [4.69, 9.17) is 4.42 Å². The second kappa shape index (κ2) is 5.08. The van der Waals surface area contributed by atoms with Gasteiger partial charge in [0.15, 0.2) is 0 Å². The lowest BCUT2D eigenvalue weighted by Gasteiger charge is -2.15. The van der Waals surface area contributed by atoms with Gasteiger partial charge in [0.05, 0.1) is 6.04 Å². The van der Waals surface area contributed by atoms with E-state index in [1.165, 1.54) is 0 Å². The maximum absolute atomic E-state index is 5.59. The summed E-state index contributed by atoms with van der Waals surface area (Å²) in [6.07, 6.45) is 1.54. The third-order valence-corrected chi connectivity index (χ3v) is 2.86. The fraction of sp³-hybridized carbons (Fsp3) is 0.385. The highest BCUT2D eigenvalue weighted by molar-refractivity contribution is 5.56. The third-order valence-electron chi connectivity index (χ3n) is 2.86. The van der Waals surface area contributed by atoms with Crippen molar-refractivity contribution in [1.29, 1.82) is 0 Å². The van der Waals surface area contributed by atoms with E-state index in [2.05, 4.69) is 20.6 Å². The molecule has 0 radical (unpaired) electrons. The standard InChI is InChI=1S/C13H18N4O/c1-8-5-6-11(18-8)10(3)17-13-9(2)12(14-4)15-7-16-13/h5-7,10H,1-4H3,(H2,14,15,16,17). The summed E-state index contributed by atoms with van der Waals surface area (Å²) in [5, 5.41) is 6.37.